The SMILES string of the molecule is CCSC(=N)C(C)(C)C. The van der Waals surface area contributed by atoms with E-state index in [-0.39, 0.29) is 5.41 Å². The van der Waals surface area contributed by atoms with E-state index >= 15 is 0 Å². The van der Waals surface area contributed by atoms with Crippen LogP contribution in [0, 0.1) is 10.8 Å². The first-order valence-corrected chi connectivity index (χ1v) is 4.19. The van der Waals surface area contributed by atoms with Crippen molar-refractivity contribution in [1.82, 2.24) is 0 Å². The summed E-state index contributed by atoms with van der Waals surface area (Å²) in [6, 6.07) is 0. The Labute approximate surface area is 61.7 Å². The standard InChI is InChI=1S/C7H15NS/c1-5-9-6(8)7(2,3)4/h8H,5H2,1-4H3. The molecule has 2 heteroatoms. The summed E-state index contributed by atoms with van der Waals surface area (Å²) >= 11 is 1.62. The summed E-state index contributed by atoms with van der Waals surface area (Å²) < 4.78 is 0. The van der Waals surface area contributed by atoms with Crippen molar-refractivity contribution >= 4 is 16.8 Å². The summed E-state index contributed by atoms with van der Waals surface area (Å²) in [7, 11) is 0. The van der Waals surface area contributed by atoms with Crippen LogP contribution in [0.1, 0.15) is 27.7 Å². The minimum atomic E-state index is 0.0562. The first-order chi connectivity index (χ1) is 3.98. The first kappa shape index (κ1) is 9.02. The van der Waals surface area contributed by atoms with E-state index in [0.29, 0.717) is 0 Å². The lowest BCUT2D eigenvalue weighted by Crippen LogP contribution is -2.15. The molecule has 0 aliphatic carbocycles. The third-order valence-electron chi connectivity index (χ3n) is 0.970. The fourth-order valence-electron chi connectivity index (χ4n) is 0.361. The lowest BCUT2D eigenvalue weighted by atomic mass is 9.99. The molecular formula is C7H15NS. The van der Waals surface area contributed by atoms with Crippen molar-refractivity contribution in [3.05, 3.63) is 0 Å². The van der Waals surface area contributed by atoms with Crippen LogP contribution in [-0.4, -0.2) is 10.8 Å². The topological polar surface area (TPSA) is 23.9 Å². The van der Waals surface area contributed by atoms with Gasteiger partial charge in [0.1, 0.15) is 0 Å². The molecule has 0 aliphatic heterocycles. The minimum Gasteiger partial charge on any atom is -0.298 e. The second-order valence-corrected chi connectivity index (χ2v) is 4.29. The predicted octanol–water partition coefficient (Wildman–Crippen LogP) is 2.76. The molecule has 1 nitrogen and oxygen atoms in total. The van der Waals surface area contributed by atoms with Crippen molar-refractivity contribution in [2.45, 2.75) is 27.7 Å². The second kappa shape index (κ2) is 3.25. The first-order valence-electron chi connectivity index (χ1n) is 3.20. The summed E-state index contributed by atoms with van der Waals surface area (Å²) in [5.74, 6) is 1.01. The van der Waals surface area contributed by atoms with Gasteiger partial charge in [-0.3, -0.25) is 5.41 Å². The summed E-state index contributed by atoms with van der Waals surface area (Å²) in [6.07, 6.45) is 0. The van der Waals surface area contributed by atoms with Crippen LogP contribution < -0.4 is 0 Å². The Hall–Kier alpha value is 0.0200. The van der Waals surface area contributed by atoms with E-state index in [0.717, 1.165) is 10.8 Å². The van der Waals surface area contributed by atoms with Gasteiger partial charge in [0.2, 0.25) is 0 Å². The summed E-state index contributed by atoms with van der Waals surface area (Å²) in [4.78, 5) is 0. The Balaban J connectivity index is 3.74. The van der Waals surface area contributed by atoms with Gasteiger partial charge in [-0.15, -0.1) is 11.8 Å². The maximum absolute atomic E-state index is 7.50. The highest BCUT2D eigenvalue weighted by Gasteiger charge is 2.15. The zero-order chi connectivity index (χ0) is 7.49. The molecule has 0 aromatic heterocycles. The maximum atomic E-state index is 7.50. The molecule has 0 fully saturated rings. The fourth-order valence-corrected chi connectivity index (χ4v) is 1.08. The largest absolute Gasteiger partial charge is 0.298 e. The van der Waals surface area contributed by atoms with E-state index in [2.05, 4.69) is 27.7 Å². The number of hydrogen-bond donors (Lipinski definition) is 1. The Kier molecular flexibility index (Phi) is 3.26. The summed E-state index contributed by atoms with van der Waals surface area (Å²) in [6.45, 7) is 8.28. The molecule has 0 atom stereocenters. The Morgan fingerprint density at radius 3 is 2.00 bits per heavy atom. The van der Waals surface area contributed by atoms with Crippen LogP contribution in [0.25, 0.3) is 0 Å². The van der Waals surface area contributed by atoms with Gasteiger partial charge in [-0.25, -0.2) is 0 Å². The molecule has 0 aromatic carbocycles. The van der Waals surface area contributed by atoms with E-state index in [4.69, 9.17) is 5.41 Å². The highest BCUT2D eigenvalue weighted by molar-refractivity contribution is 8.13. The Bertz CT molecular complexity index is 102. The molecule has 0 radical (unpaired) electrons. The number of thioether (sulfide) groups is 1. The predicted molar refractivity (Wildman–Crippen MR) is 45.3 cm³/mol. The van der Waals surface area contributed by atoms with Gasteiger partial charge >= 0.3 is 0 Å². The average Bonchev–Trinajstić information content (AvgIpc) is 1.64. The number of rotatable bonds is 1. The molecule has 0 saturated heterocycles. The molecule has 0 aliphatic rings. The maximum Gasteiger partial charge on any atom is 0.0694 e. The van der Waals surface area contributed by atoms with Crippen molar-refractivity contribution in [2.75, 3.05) is 5.75 Å². The van der Waals surface area contributed by atoms with Crippen LogP contribution in [-0.2, 0) is 0 Å². The zero-order valence-electron chi connectivity index (χ0n) is 6.62. The van der Waals surface area contributed by atoms with Crippen molar-refractivity contribution in [1.29, 1.82) is 5.41 Å². The van der Waals surface area contributed by atoms with Gasteiger partial charge in [-0.1, -0.05) is 27.7 Å². The van der Waals surface area contributed by atoms with Gasteiger partial charge in [0.15, 0.2) is 0 Å². The lowest BCUT2D eigenvalue weighted by molar-refractivity contribution is 0.598. The van der Waals surface area contributed by atoms with Gasteiger partial charge in [0.05, 0.1) is 5.04 Å². The molecule has 0 rings (SSSR count). The van der Waals surface area contributed by atoms with Gasteiger partial charge in [-0.2, -0.15) is 0 Å². The van der Waals surface area contributed by atoms with E-state index in [1.807, 2.05) is 0 Å². The highest BCUT2D eigenvalue weighted by Crippen LogP contribution is 2.22. The van der Waals surface area contributed by atoms with Crippen LogP contribution in [0.2, 0.25) is 0 Å². The smallest absolute Gasteiger partial charge is 0.0694 e. The van der Waals surface area contributed by atoms with Crippen LogP contribution in [0.4, 0.5) is 0 Å². The molecule has 0 bridgehead atoms. The summed E-state index contributed by atoms with van der Waals surface area (Å²) in [5, 5.41) is 8.29. The molecule has 0 saturated carbocycles. The van der Waals surface area contributed by atoms with E-state index in [9.17, 15) is 0 Å². The quantitative estimate of drug-likeness (QED) is 0.445. The molecule has 9 heavy (non-hydrogen) atoms. The number of hydrogen-bond acceptors (Lipinski definition) is 2. The van der Waals surface area contributed by atoms with Crippen LogP contribution >= 0.6 is 11.8 Å². The molecule has 0 amide bonds. The third-order valence-corrected chi connectivity index (χ3v) is 2.16. The van der Waals surface area contributed by atoms with Crippen molar-refractivity contribution in [3.8, 4) is 0 Å². The third kappa shape index (κ3) is 3.57. The van der Waals surface area contributed by atoms with Gasteiger partial charge in [0.25, 0.3) is 0 Å². The van der Waals surface area contributed by atoms with Crippen LogP contribution in [0.3, 0.4) is 0 Å². The molecule has 1 N–H and O–H groups in total. The van der Waals surface area contributed by atoms with Crippen molar-refractivity contribution in [3.63, 3.8) is 0 Å². The Morgan fingerprint density at radius 2 is 1.89 bits per heavy atom. The molecule has 0 unspecified atom stereocenters. The van der Waals surface area contributed by atoms with Gasteiger partial charge in [0, 0.05) is 5.41 Å². The van der Waals surface area contributed by atoms with E-state index in [1.165, 1.54) is 0 Å². The number of nitrogens with one attached hydrogen (secondary N) is 1. The molecule has 0 aromatic rings. The van der Waals surface area contributed by atoms with Crippen LogP contribution in [0.5, 0.6) is 0 Å². The normalized spacial score (nSPS) is 11.6. The average molecular weight is 145 g/mol. The van der Waals surface area contributed by atoms with E-state index < -0.39 is 0 Å². The summed E-state index contributed by atoms with van der Waals surface area (Å²) in [5.41, 5.74) is 0.0562. The highest BCUT2D eigenvalue weighted by atomic mass is 32.2. The minimum absolute atomic E-state index is 0.0562. The van der Waals surface area contributed by atoms with Crippen molar-refractivity contribution < 1.29 is 0 Å². The van der Waals surface area contributed by atoms with Gasteiger partial charge < -0.3 is 0 Å². The molecule has 54 valence electrons. The van der Waals surface area contributed by atoms with Gasteiger partial charge in [-0.05, 0) is 5.75 Å². The molecule has 0 spiro atoms. The zero-order valence-corrected chi connectivity index (χ0v) is 7.43. The second-order valence-electron chi connectivity index (χ2n) is 3.01. The lowest BCUT2D eigenvalue weighted by Gasteiger charge is -2.17. The van der Waals surface area contributed by atoms with E-state index in [1.54, 1.807) is 11.8 Å². The molecule has 0 heterocycles. The monoisotopic (exact) mass is 145 g/mol. The van der Waals surface area contributed by atoms with Crippen molar-refractivity contribution in [2.24, 2.45) is 5.41 Å². The fraction of sp³-hybridized carbons (Fsp3) is 0.857. The Morgan fingerprint density at radius 1 is 1.44 bits per heavy atom. The van der Waals surface area contributed by atoms with Crippen LogP contribution in [0.15, 0.2) is 0 Å². The molecular weight excluding hydrogens is 130 g/mol.